The Labute approximate surface area is 389 Å². The van der Waals surface area contributed by atoms with Gasteiger partial charge in [-0.15, -0.1) is 0 Å². The summed E-state index contributed by atoms with van der Waals surface area (Å²) in [4.78, 5) is 38.0. The van der Waals surface area contributed by atoms with E-state index in [2.05, 4.69) is 93.7 Å². The number of ether oxygens (including phenoxy) is 3. The van der Waals surface area contributed by atoms with Gasteiger partial charge in [0.25, 0.3) is 0 Å². The van der Waals surface area contributed by atoms with Gasteiger partial charge in [0.15, 0.2) is 6.10 Å². The van der Waals surface area contributed by atoms with Crippen LogP contribution in [-0.2, 0) is 28.6 Å². The van der Waals surface area contributed by atoms with Crippen molar-refractivity contribution in [3.63, 3.8) is 0 Å². The molecule has 362 valence electrons. The predicted octanol–water partition coefficient (Wildman–Crippen LogP) is 17.4. The van der Waals surface area contributed by atoms with Crippen LogP contribution in [0.15, 0.2) is 72.9 Å². The maximum Gasteiger partial charge on any atom is 0.306 e. The van der Waals surface area contributed by atoms with Gasteiger partial charge in [-0.25, -0.2) is 0 Å². The van der Waals surface area contributed by atoms with Crippen LogP contribution in [0.1, 0.15) is 252 Å². The molecule has 0 aliphatic heterocycles. The lowest BCUT2D eigenvalue weighted by Crippen LogP contribution is -2.30. The van der Waals surface area contributed by atoms with Crippen molar-refractivity contribution < 1.29 is 28.6 Å². The van der Waals surface area contributed by atoms with Crippen LogP contribution in [-0.4, -0.2) is 37.2 Å². The number of hydrogen-bond donors (Lipinski definition) is 0. The highest BCUT2D eigenvalue weighted by molar-refractivity contribution is 5.71. The van der Waals surface area contributed by atoms with Gasteiger partial charge in [-0.1, -0.05) is 190 Å². The summed E-state index contributed by atoms with van der Waals surface area (Å²) in [7, 11) is 0. The van der Waals surface area contributed by atoms with Crippen molar-refractivity contribution in [2.24, 2.45) is 0 Å². The van der Waals surface area contributed by atoms with Crippen molar-refractivity contribution in [3.05, 3.63) is 72.9 Å². The molecule has 63 heavy (non-hydrogen) atoms. The molecule has 0 amide bonds. The Kier molecular flexibility index (Phi) is 48.9. The van der Waals surface area contributed by atoms with E-state index in [9.17, 15) is 14.4 Å². The van der Waals surface area contributed by atoms with Gasteiger partial charge >= 0.3 is 17.9 Å². The number of carbonyl (C=O) groups excluding carboxylic acids is 3. The zero-order chi connectivity index (χ0) is 45.8. The first-order valence-corrected chi connectivity index (χ1v) is 26.4. The molecule has 0 aromatic carbocycles. The van der Waals surface area contributed by atoms with Gasteiger partial charge in [-0.05, 0) is 116 Å². The molecule has 0 aromatic rings. The van der Waals surface area contributed by atoms with Gasteiger partial charge in [-0.3, -0.25) is 14.4 Å². The predicted molar refractivity (Wildman–Crippen MR) is 270 cm³/mol. The number of carbonyl (C=O) groups is 3. The van der Waals surface area contributed by atoms with Crippen molar-refractivity contribution >= 4 is 17.9 Å². The molecule has 0 N–H and O–H groups in total. The average Bonchev–Trinajstić information content (AvgIpc) is 3.28. The Morgan fingerprint density at radius 2 is 0.571 bits per heavy atom. The minimum Gasteiger partial charge on any atom is -0.462 e. The zero-order valence-electron chi connectivity index (χ0n) is 41.3. The van der Waals surface area contributed by atoms with Gasteiger partial charge in [-0.2, -0.15) is 0 Å². The molecule has 0 saturated heterocycles. The monoisotopic (exact) mass is 879 g/mol. The quantitative estimate of drug-likeness (QED) is 0.0262. The van der Waals surface area contributed by atoms with Crippen molar-refractivity contribution in [1.82, 2.24) is 0 Å². The van der Waals surface area contributed by atoms with E-state index in [1.54, 1.807) is 0 Å². The maximum atomic E-state index is 12.8. The van der Waals surface area contributed by atoms with E-state index in [-0.39, 0.29) is 31.1 Å². The largest absolute Gasteiger partial charge is 0.462 e. The second kappa shape index (κ2) is 51.5. The third-order valence-corrected chi connectivity index (χ3v) is 11.2. The minimum absolute atomic E-state index is 0.0982. The van der Waals surface area contributed by atoms with Crippen molar-refractivity contribution in [2.75, 3.05) is 13.2 Å². The lowest BCUT2D eigenvalue weighted by Gasteiger charge is -2.18. The van der Waals surface area contributed by atoms with Crippen LogP contribution in [0.5, 0.6) is 0 Å². The van der Waals surface area contributed by atoms with Gasteiger partial charge in [0.1, 0.15) is 13.2 Å². The molecule has 0 unspecified atom stereocenters. The summed E-state index contributed by atoms with van der Waals surface area (Å²) in [5.41, 5.74) is 0. The number of esters is 3. The molecular formula is C57H98O6. The van der Waals surface area contributed by atoms with E-state index in [4.69, 9.17) is 14.2 Å². The third kappa shape index (κ3) is 49.7. The first-order valence-electron chi connectivity index (χ1n) is 26.4. The number of hydrogen-bond acceptors (Lipinski definition) is 6. The van der Waals surface area contributed by atoms with Crippen molar-refractivity contribution in [1.29, 1.82) is 0 Å². The van der Waals surface area contributed by atoms with Crippen LogP contribution in [0, 0.1) is 0 Å². The van der Waals surface area contributed by atoms with Crippen LogP contribution in [0.4, 0.5) is 0 Å². The van der Waals surface area contributed by atoms with Gasteiger partial charge in [0.2, 0.25) is 0 Å². The van der Waals surface area contributed by atoms with E-state index in [0.29, 0.717) is 19.3 Å². The zero-order valence-corrected chi connectivity index (χ0v) is 41.3. The molecule has 0 rings (SSSR count). The lowest BCUT2D eigenvalue weighted by atomic mass is 10.1. The van der Waals surface area contributed by atoms with E-state index in [1.807, 2.05) is 0 Å². The molecule has 0 fully saturated rings. The number of rotatable bonds is 47. The van der Waals surface area contributed by atoms with Gasteiger partial charge in [0, 0.05) is 19.3 Å². The summed E-state index contributed by atoms with van der Waals surface area (Å²) in [5, 5.41) is 0. The summed E-state index contributed by atoms with van der Waals surface area (Å²) in [5.74, 6) is -0.957. The van der Waals surface area contributed by atoms with E-state index in [1.165, 1.54) is 103 Å². The highest BCUT2D eigenvalue weighted by Crippen LogP contribution is 2.13. The molecule has 0 saturated carbocycles. The first kappa shape index (κ1) is 59.9. The molecule has 0 bridgehead atoms. The molecule has 0 aliphatic carbocycles. The second-order valence-corrected chi connectivity index (χ2v) is 17.4. The minimum atomic E-state index is -0.800. The van der Waals surface area contributed by atoms with E-state index in [0.717, 1.165) is 109 Å². The molecule has 0 spiro atoms. The fraction of sp³-hybridized carbons (Fsp3) is 0.737. The summed E-state index contributed by atoms with van der Waals surface area (Å²) in [6.07, 6.45) is 64.5. The van der Waals surface area contributed by atoms with Crippen LogP contribution >= 0.6 is 0 Å². The van der Waals surface area contributed by atoms with Crippen molar-refractivity contribution in [2.45, 2.75) is 258 Å². The fourth-order valence-electron chi connectivity index (χ4n) is 7.12. The molecule has 1 atom stereocenters. The van der Waals surface area contributed by atoms with E-state index >= 15 is 0 Å². The third-order valence-electron chi connectivity index (χ3n) is 11.2. The average molecular weight is 879 g/mol. The molecule has 0 aliphatic rings. The summed E-state index contributed by atoms with van der Waals surface area (Å²) >= 11 is 0. The Morgan fingerprint density at radius 1 is 0.317 bits per heavy atom. The molecule has 6 nitrogen and oxygen atoms in total. The smallest absolute Gasteiger partial charge is 0.306 e. The highest BCUT2D eigenvalue weighted by atomic mass is 16.6. The first-order chi connectivity index (χ1) is 31.0. The Balaban J connectivity index is 4.48. The summed E-state index contributed by atoms with van der Waals surface area (Å²) < 4.78 is 16.8. The fourth-order valence-corrected chi connectivity index (χ4v) is 7.12. The van der Waals surface area contributed by atoms with Gasteiger partial charge in [0.05, 0.1) is 0 Å². The number of unbranched alkanes of at least 4 members (excludes halogenated alkanes) is 24. The van der Waals surface area contributed by atoms with Crippen LogP contribution in [0.25, 0.3) is 0 Å². The normalized spacial score (nSPS) is 12.6. The lowest BCUT2D eigenvalue weighted by molar-refractivity contribution is -0.167. The van der Waals surface area contributed by atoms with Crippen molar-refractivity contribution in [3.8, 4) is 0 Å². The van der Waals surface area contributed by atoms with Crippen LogP contribution in [0.2, 0.25) is 0 Å². The second-order valence-electron chi connectivity index (χ2n) is 17.4. The SMILES string of the molecule is CCCCC/C=C\C/C=C\C/C=C\CCCCC(=O)OC[C@@H](COC(=O)CCCCCCC/C=C\C/C=C\CCCCC)OC(=O)CCCCCCC/C=C\CCCCCCCC. The molecule has 0 radical (unpaired) electrons. The maximum absolute atomic E-state index is 12.8. The highest BCUT2D eigenvalue weighted by Gasteiger charge is 2.19. The topological polar surface area (TPSA) is 78.9 Å². The molecule has 0 aromatic heterocycles. The molecule has 6 heteroatoms. The Bertz CT molecular complexity index is 1190. The molecule has 0 heterocycles. The number of allylic oxidation sites excluding steroid dienone is 12. The van der Waals surface area contributed by atoms with Crippen LogP contribution < -0.4 is 0 Å². The summed E-state index contributed by atoms with van der Waals surface area (Å²) in [6, 6.07) is 0. The Hall–Kier alpha value is -3.15. The molecular weight excluding hydrogens is 781 g/mol. The van der Waals surface area contributed by atoms with Crippen LogP contribution in [0.3, 0.4) is 0 Å². The summed E-state index contributed by atoms with van der Waals surface area (Å²) in [6.45, 7) is 6.53. The standard InChI is InChI=1S/C57H98O6/c1-4-7-10-13-16-19-22-25-28-31-34-37-40-43-46-49-55(58)61-52-54(63-57(60)51-48-45-42-39-36-33-30-27-24-21-18-15-12-9-6-3)53-62-56(59)50-47-44-41-38-35-32-29-26-23-20-17-14-11-8-5-2/h16-17,19-20,25-30,34,37,54H,4-15,18,21-24,31-33,35-36,38-53H2,1-3H3/b19-16-,20-17-,28-25-,29-26-,30-27-,37-34-/t54-/m0/s1. The van der Waals surface area contributed by atoms with E-state index < -0.39 is 6.10 Å². The Morgan fingerprint density at radius 3 is 0.968 bits per heavy atom. The van der Waals surface area contributed by atoms with Gasteiger partial charge < -0.3 is 14.2 Å².